The summed E-state index contributed by atoms with van der Waals surface area (Å²) in [7, 11) is 1.93. The highest BCUT2D eigenvalue weighted by Crippen LogP contribution is 2.34. The minimum Gasteiger partial charge on any atom is -0.338 e. The first-order valence-electron chi connectivity index (χ1n) is 9.15. The number of nitrogens with zero attached hydrogens (tertiary/aromatic N) is 2. The molecule has 1 unspecified atom stereocenters. The highest BCUT2D eigenvalue weighted by molar-refractivity contribution is 9.10. The Morgan fingerprint density at radius 1 is 1.26 bits per heavy atom. The zero-order chi connectivity index (χ0) is 18.8. The molecule has 0 aliphatic heterocycles. The molecule has 5 heteroatoms. The average molecular weight is 441 g/mol. The van der Waals surface area contributed by atoms with Crippen LogP contribution in [0.2, 0.25) is 0 Å². The van der Waals surface area contributed by atoms with Crippen molar-refractivity contribution in [2.45, 2.75) is 31.7 Å². The summed E-state index contributed by atoms with van der Waals surface area (Å²) in [5, 5.41) is 2.95. The monoisotopic (exact) mass is 440 g/mol. The minimum atomic E-state index is 0.128. The Labute approximate surface area is 172 Å². The normalized spacial score (nSPS) is 16.0. The largest absolute Gasteiger partial charge is 0.338 e. The number of fused-ring (bicyclic) bond motifs is 1. The SMILES string of the molecule is CN(C(=O)Cc1csc(-c2cccc(Br)c2)n1)C1CCCc2ccccc21. The number of carbonyl (C=O) groups is 1. The zero-order valence-corrected chi connectivity index (χ0v) is 17.6. The smallest absolute Gasteiger partial charge is 0.228 e. The van der Waals surface area contributed by atoms with E-state index in [2.05, 4.69) is 51.2 Å². The number of likely N-dealkylation sites (N-methyl/N-ethyl adjacent to an activating group) is 1. The van der Waals surface area contributed by atoms with E-state index in [0.29, 0.717) is 6.42 Å². The van der Waals surface area contributed by atoms with Crippen molar-refractivity contribution < 1.29 is 4.79 Å². The summed E-state index contributed by atoms with van der Waals surface area (Å²) in [6.07, 6.45) is 3.61. The molecule has 0 bridgehead atoms. The molecule has 27 heavy (non-hydrogen) atoms. The fourth-order valence-electron chi connectivity index (χ4n) is 3.73. The maximum absolute atomic E-state index is 12.9. The van der Waals surface area contributed by atoms with Gasteiger partial charge in [-0.05, 0) is 42.5 Å². The molecule has 1 amide bonds. The van der Waals surface area contributed by atoms with E-state index < -0.39 is 0 Å². The van der Waals surface area contributed by atoms with Gasteiger partial charge in [-0.2, -0.15) is 0 Å². The molecule has 4 rings (SSSR count). The Balaban J connectivity index is 1.48. The Morgan fingerprint density at radius 3 is 2.96 bits per heavy atom. The van der Waals surface area contributed by atoms with Gasteiger partial charge in [0, 0.05) is 22.5 Å². The highest BCUT2D eigenvalue weighted by atomic mass is 79.9. The van der Waals surface area contributed by atoms with Crippen LogP contribution in [0.25, 0.3) is 10.6 Å². The number of benzene rings is 2. The summed E-state index contributed by atoms with van der Waals surface area (Å²) in [4.78, 5) is 19.5. The van der Waals surface area contributed by atoms with Gasteiger partial charge in [0.1, 0.15) is 5.01 Å². The molecule has 3 nitrogen and oxygen atoms in total. The Bertz CT molecular complexity index is 968. The summed E-state index contributed by atoms with van der Waals surface area (Å²) in [5.41, 5.74) is 4.59. The Morgan fingerprint density at radius 2 is 2.11 bits per heavy atom. The van der Waals surface area contributed by atoms with Gasteiger partial charge in [0.2, 0.25) is 5.91 Å². The first kappa shape index (κ1) is 18.4. The van der Waals surface area contributed by atoms with Gasteiger partial charge in [0.15, 0.2) is 0 Å². The standard InChI is InChI=1S/C22H21BrN2OS/c1-25(20-11-5-7-15-6-2-3-10-19(15)20)21(26)13-18-14-27-22(24-18)16-8-4-9-17(23)12-16/h2-4,6,8-10,12,14,20H,5,7,11,13H2,1H3. The number of halogens is 1. The zero-order valence-electron chi connectivity index (χ0n) is 15.2. The molecule has 2 aromatic carbocycles. The molecule has 3 aromatic rings. The summed E-state index contributed by atoms with van der Waals surface area (Å²) in [5.74, 6) is 0.128. The first-order chi connectivity index (χ1) is 13.1. The predicted octanol–water partition coefficient (Wildman–Crippen LogP) is 5.65. The van der Waals surface area contributed by atoms with E-state index in [4.69, 9.17) is 0 Å². The molecule has 1 aliphatic carbocycles. The molecule has 138 valence electrons. The van der Waals surface area contributed by atoms with Crippen LogP contribution in [0.3, 0.4) is 0 Å². The van der Waals surface area contributed by atoms with Crippen molar-refractivity contribution in [3.8, 4) is 10.6 Å². The fraction of sp³-hybridized carbons (Fsp3) is 0.273. The van der Waals surface area contributed by atoms with Crippen LogP contribution in [0, 0.1) is 0 Å². The molecular weight excluding hydrogens is 420 g/mol. The van der Waals surface area contributed by atoms with Gasteiger partial charge in [0.05, 0.1) is 18.2 Å². The van der Waals surface area contributed by atoms with Crippen LogP contribution in [0.1, 0.15) is 35.7 Å². The average Bonchev–Trinajstić information content (AvgIpc) is 3.15. The number of hydrogen-bond acceptors (Lipinski definition) is 3. The summed E-state index contributed by atoms with van der Waals surface area (Å²) in [6.45, 7) is 0. The maximum atomic E-state index is 12.9. The van der Waals surface area contributed by atoms with Crippen LogP contribution in [-0.4, -0.2) is 22.8 Å². The van der Waals surface area contributed by atoms with E-state index in [-0.39, 0.29) is 11.9 Å². The van der Waals surface area contributed by atoms with Gasteiger partial charge in [-0.1, -0.05) is 52.3 Å². The van der Waals surface area contributed by atoms with Gasteiger partial charge in [-0.25, -0.2) is 4.98 Å². The lowest BCUT2D eigenvalue weighted by Gasteiger charge is -2.33. The van der Waals surface area contributed by atoms with E-state index in [0.717, 1.165) is 40.0 Å². The van der Waals surface area contributed by atoms with Gasteiger partial charge >= 0.3 is 0 Å². The quantitative estimate of drug-likeness (QED) is 0.524. The van der Waals surface area contributed by atoms with Crippen LogP contribution < -0.4 is 0 Å². The molecule has 1 heterocycles. The number of carbonyl (C=O) groups excluding carboxylic acids is 1. The molecule has 0 fully saturated rings. The van der Waals surface area contributed by atoms with Crippen molar-refractivity contribution in [2.75, 3.05) is 7.05 Å². The Hall–Kier alpha value is -1.98. The lowest BCUT2D eigenvalue weighted by molar-refractivity contribution is -0.131. The third-order valence-corrected chi connectivity index (χ3v) is 6.59. The minimum absolute atomic E-state index is 0.128. The van der Waals surface area contributed by atoms with E-state index in [1.165, 1.54) is 11.1 Å². The number of amides is 1. The molecule has 0 N–H and O–H groups in total. The van der Waals surface area contributed by atoms with Crippen molar-refractivity contribution in [3.05, 3.63) is 75.2 Å². The van der Waals surface area contributed by atoms with Crippen LogP contribution in [0.15, 0.2) is 58.4 Å². The molecule has 1 atom stereocenters. The van der Waals surface area contributed by atoms with Crippen molar-refractivity contribution in [3.63, 3.8) is 0 Å². The van der Waals surface area contributed by atoms with Crippen LogP contribution in [0.5, 0.6) is 0 Å². The molecule has 0 spiro atoms. The van der Waals surface area contributed by atoms with Crippen molar-refractivity contribution in [1.29, 1.82) is 0 Å². The van der Waals surface area contributed by atoms with E-state index >= 15 is 0 Å². The first-order valence-corrected chi connectivity index (χ1v) is 10.8. The van der Waals surface area contributed by atoms with Gasteiger partial charge in [-0.15, -0.1) is 11.3 Å². The number of hydrogen-bond donors (Lipinski definition) is 0. The van der Waals surface area contributed by atoms with E-state index in [9.17, 15) is 4.79 Å². The molecule has 0 saturated carbocycles. The lowest BCUT2D eigenvalue weighted by Crippen LogP contribution is -2.34. The lowest BCUT2D eigenvalue weighted by atomic mass is 9.87. The summed E-state index contributed by atoms with van der Waals surface area (Å²) in [6, 6.07) is 16.8. The summed E-state index contributed by atoms with van der Waals surface area (Å²) >= 11 is 5.09. The third kappa shape index (κ3) is 3.99. The molecular formula is C22H21BrN2OS. The van der Waals surface area contributed by atoms with E-state index in [1.54, 1.807) is 11.3 Å². The Kier molecular flexibility index (Phi) is 5.41. The van der Waals surface area contributed by atoms with Crippen molar-refractivity contribution >= 4 is 33.2 Å². The van der Waals surface area contributed by atoms with Crippen LogP contribution >= 0.6 is 27.3 Å². The second kappa shape index (κ2) is 7.95. The number of rotatable bonds is 4. The van der Waals surface area contributed by atoms with Crippen molar-refractivity contribution in [2.24, 2.45) is 0 Å². The molecule has 1 aromatic heterocycles. The van der Waals surface area contributed by atoms with Crippen LogP contribution in [0.4, 0.5) is 0 Å². The predicted molar refractivity (Wildman–Crippen MR) is 114 cm³/mol. The van der Waals surface area contributed by atoms with E-state index in [1.807, 2.05) is 35.5 Å². The van der Waals surface area contributed by atoms with Gasteiger partial charge in [0.25, 0.3) is 0 Å². The highest BCUT2D eigenvalue weighted by Gasteiger charge is 2.26. The molecule has 0 saturated heterocycles. The number of aryl methyl sites for hydroxylation is 1. The van der Waals surface area contributed by atoms with Gasteiger partial charge < -0.3 is 4.90 Å². The van der Waals surface area contributed by atoms with Crippen LogP contribution in [-0.2, 0) is 17.6 Å². The second-order valence-corrected chi connectivity index (χ2v) is 8.72. The second-order valence-electron chi connectivity index (χ2n) is 6.94. The van der Waals surface area contributed by atoms with Gasteiger partial charge in [-0.3, -0.25) is 4.79 Å². The third-order valence-electron chi connectivity index (χ3n) is 5.15. The number of thiazole rings is 1. The fourth-order valence-corrected chi connectivity index (χ4v) is 4.94. The topological polar surface area (TPSA) is 33.2 Å². The molecule has 1 aliphatic rings. The number of aromatic nitrogens is 1. The maximum Gasteiger partial charge on any atom is 0.228 e. The molecule has 0 radical (unpaired) electrons. The van der Waals surface area contributed by atoms with Crippen molar-refractivity contribution in [1.82, 2.24) is 9.88 Å². The summed E-state index contributed by atoms with van der Waals surface area (Å²) < 4.78 is 1.03.